The third kappa shape index (κ3) is 10.8. The van der Waals surface area contributed by atoms with Crippen LogP contribution in [0.2, 0.25) is 78.6 Å². The van der Waals surface area contributed by atoms with Crippen molar-refractivity contribution in [1.29, 1.82) is 0 Å². The summed E-state index contributed by atoms with van der Waals surface area (Å²) in [6.45, 7) is 27.7. The molecule has 0 aliphatic carbocycles. The van der Waals surface area contributed by atoms with E-state index in [1.807, 2.05) is 37.3 Å². The molecule has 3 aromatic rings. The highest BCUT2D eigenvalue weighted by atomic mass is 32.1. The van der Waals surface area contributed by atoms with Crippen molar-refractivity contribution in [3.63, 3.8) is 0 Å². The third-order valence-corrected chi connectivity index (χ3v) is 13.0. The van der Waals surface area contributed by atoms with Gasteiger partial charge in [-0.05, 0) is 133 Å². The molecular weight excluding hydrogens is 708 g/mol. The zero-order chi connectivity index (χ0) is 36.7. The minimum absolute atomic E-state index is 0.237. The molecule has 2 heterocycles. The van der Waals surface area contributed by atoms with Crippen molar-refractivity contribution in [2.75, 3.05) is 6.61 Å². The number of halogens is 1. The number of hydrogen-bond acceptors (Lipinski definition) is 8. The van der Waals surface area contributed by atoms with Gasteiger partial charge in [-0.3, -0.25) is 0 Å². The van der Waals surface area contributed by atoms with Crippen LogP contribution in [0, 0.1) is 12.7 Å². The average Bonchev–Trinajstić information content (AvgIpc) is 3.44. The summed E-state index contributed by atoms with van der Waals surface area (Å²) in [6, 6.07) is 15.8. The van der Waals surface area contributed by atoms with Gasteiger partial charge in [0.15, 0.2) is 33.3 Å². The summed E-state index contributed by atoms with van der Waals surface area (Å²) in [7, 11) is -8.69. The van der Waals surface area contributed by atoms with Crippen LogP contribution in [0.5, 0.6) is 0 Å². The standard InChI is InChI=1S/C36H57FO7SSi4/c1-24-14-17-26(22-28(24)32(38)31-21-20-30(45-31)25-15-18-27(37)19-16-25)36(39)35(44-49(11,12)13)34(43-48(8,9)10)33(42-47(5,6)7)29(41-36)23-40-46(2,3)4/h14-22,29,32-35,38-39H,23H2,1-13H3/t29-,32?,33-,34+,35-,36?/m1/s1. The van der Waals surface area contributed by atoms with Crippen molar-refractivity contribution in [3.05, 3.63) is 82.0 Å². The Hall–Kier alpha value is -1.34. The van der Waals surface area contributed by atoms with Gasteiger partial charge < -0.3 is 32.7 Å². The van der Waals surface area contributed by atoms with Gasteiger partial charge in [0.05, 0.1) is 6.61 Å². The first kappa shape index (κ1) is 40.4. The Labute approximate surface area is 301 Å². The van der Waals surface area contributed by atoms with Gasteiger partial charge in [0.2, 0.25) is 5.79 Å². The highest BCUT2D eigenvalue weighted by molar-refractivity contribution is 7.15. The van der Waals surface area contributed by atoms with Gasteiger partial charge in [-0.25, -0.2) is 4.39 Å². The van der Waals surface area contributed by atoms with E-state index in [0.717, 1.165) is 20.9 Å². The van der Waals surface area contributed by atoms with Crippen LogP contribution in [0.3, 0.4) is 0 Å². The lowest BCUT2D eigenvalue weighted by atomic mass is 9.86. The van der Waals surface area contributed by atoms with Crippen LogP contribution < -0.4 is 0 Å². The van der Waals surface area contributed by atoms with E-state index in [2.05, 4.69) is 78.6 Å². The van der Waals surface area contributed by atoms with Crippen LogP contribution in [0.4, 0.5) is 4.39 Å². The maximum absolute atomic E-state index is 13.6. The molecule has 49 heavy (non-hydrogen) atoms. The smallest absolute Gasteiger partial charge is 0.221 e. The van der Waals surface area contributed by atoms with Crippen LogP contribution in [0.1, 0.15) is 27.7 Å². The molecule has 1 saturated heterocycles. The fraction of sp³-hybridized carbons (Fsp3) is 0.556. The lowest BCUT2D eigenvalue weighted by Gasteiger charge is -2.54. The van der Waals surface area contributed by atoms with Gasteiger partial charge in [0, 0.05) is 15.3 Å². The second kappa shape index (κ2) is 15.0. The molecule has 1 aromatic heterocycles. The molecule has 1 fully saturated rings. The molecule has 13 heteroatoms. The van der Waals surface area contributed by atoms with Crippen LogP contribution in [-0.4, -0.2) is 74.5 Å². The molecule has 7 nitrogen and oxygen atoms in total. The number of benzene rings is 2. The summed E-state index contributed by atoms with van der Waals surface area (Å²) in [5.41, 5.74) is 2.86. The molecule has 0 radical (unpaired) electrons. The Bertz CT molecular complexity index is 1560. The molecule has 0 bridgehead atoms. The van der Waals surface area contributed by atoms with Crippen molar-refractivity contribution >= 4 is 44.6 Å². The molecule has 4 rings (SSSR count). The van der Waals surface area contributed by atoms with E-state index < -0.39 is 69.6 Å². The van der Waals surface area contributed by atoms with Gasteiger partial charge in [-0.2, -0.15) is 0 Å². The van der Waals surface area contributed by atoms with Crippen LogP contribution >= 0.6 is 11.3 Å². The largest absolute Gasteiger partial charge is 0.415 e. The van der Waals surface area contributed by atoms with Gasteiger partial charge in [0.1, 0.15) is 36.3 Å². The van der Waals surface area contributed by atoms with Crippen LogP contribution in [0.15, 0.2) is 54.6 Å². The number of rotatable bonds is 13. The molecule has 2 N–H and O–H groups in total. The summed E-state index contributed by atoms with van der Waals surface area (Å²) < 4.78 is 47.6. The van der Waals surface area contributed by atoms with Gasteiger partial charge in [-0.15, -0.1) is 11.3 Å². The van der Waals surface area contributed by atoms with Crippen molar-refractivity contribution in [1.82, 2.24) is 0 Å². The molecule has 1 aliphatic rings. The van der Waals surface area contributed by atoms with Crippen LogP contribution in [0.25, 0.3) is 10.4 Å². The first-order valence-corrected chi connectivity index (χ1v) is 31.5. The minimum Gasteiger partial charge on any atom is -0.415 e. The normalized spacial score (nSPS) is 24.7. The summed E-state index contributed by atoms with van der Waals surface area (Å²) in [6.07, 6.45) is -3.68. The molecule has 1 aliphatic heterocycles. The molecule has 6 atom stereocenters. The molecule has 0 amide bonds. The number of hydrogen-bond donors (Lipinski definition) is 2. The molecule has 272 valence electrons. The predicted octanol–water partition coefficient (Wildman–Crippen LogP) is 9.00. The molecule has 0 saturated carbocycles. The molecular formula is C36H57FO7SSi4. The third-order valence-electron chi connectivity index (χ3n) is 7.86. The second-order valence-electron chi connectivity index (χ2n) is 17.0. The number of aliphatic hydroxyl groups is 2. The maximum atomic E-state index is 13.6. The SMILES string of the molecule is Cc1ccc(C2(O)O[C@H](CO[Si](C)(C)C)[C@@H](O[Si](C)(C)C)[C@H](O[Si](C)(C)C)[C@H]2O[Si](C)(C)C)cc1C(O)c1ccc(-c2ccc(F)cc2)s1. The summed E-state index contributed by atoms with van der Waals surface area (Å²) in [4.78, 5) is 1.65. The first-order valence-electron chi connectivity index (χ1n) is 17.1. The topological polar surface area (TPSA) is 86.6 Å². The second-order valence-corrected chi connectivity index (χ2v) is 36.0. The lowest BCUT2D eigenvalue weighted by molar-refractivity contribution is -0.348. The number of aryl methyl sites for hydroxylation is 1. The maximum Gasteiger partial charge on any atom is 0.221 e. The lowest BCUT2D eigenvalue weighted by Crippen LogP contribution is -2.69. The Kier molecular flexibility index (Phi) is 12.3. The highest BCUT2D eigenvalue weighted by Crippen LogP contribution is 2.45. The van der Waals surface area contributed by atoms with Crippen molar-refractivity contribution in [2.24, 2.45) is 0 Å². The summed E-state index contributed by atoms with van der Waals surface area (Å²) in [5, 5.41) is 24.8. The van der Waals surface area contributed by atoms with E-state index in [0.29, 0.717) is 11.1 Å². The van der Waals surface area contributed by atoms with Gasteiger partial charge in [-0.1, -0.05) is 24.3 Å². The summed E-state index contributed by atoms with van der Waals surface area (Å²) in [5.74, 6) is -2.23. The zero-order valence-corrected chi connectivity index (χ0v) is 36.3. The van der Waals surface area contributed by atoms with E-state index >= 15 is 0 Å². The Morgan fingerprint density at radius 3 is 1.90 bits per heavy atom. The van der Waals surface area contributed by atoms with Crippen LogP contribution in [-0.2, 0) is 28.2 Å². The minimum atomic E-state index is -2.32. The Balaban J connectivity index is 1.85. The molecule has 0 spiro atoms. The quantitative estimate of drug-likeness (QED) is 0.168. The fourth-order valence-electron chi connectivity index (χ4n) is 5.86. The van der Waals surface area contributed by atoms with Gasteiger partial charge >= 0.3 is 0 Å². The van der Waals surface area contributed by atoms with E-state index in [9.17, 15) is 14.6 Å². The first-order chi connectivity index (χ1) is 22.4. The predicted molar refractivity (Wildman–Crippen MR) is 208 cm³/mol. The molecule has 2 aromatic carbocycles. The van der Waals surface area contributed by atoms with Gasteiger partial charge in [0.25, 0.3) is 0 Å². The molecule has 2 unspecified atom stereocenters. The van der Waals surface area contributed by atoms with Crippen molar-refractivity contribution in [2.45, 2.75) is 122 Å². The average molecular weight is 765 g/mol. The number of thiophene rings is 1. The van der Waals surface area contributed by atoms with Crippen molar-refractivity contribution < 1.29 is 37.0 Å². The van der Waals surface area contributed by atoms with E-state index in [1.165, 1.54) is 23.5 Å². The number of aliphatic hydroxyl groups excluding tert-OH is 1. The fourth-order valence-corrected chi connectivity index (χ4v) is 10.8. The Morgan fingerprint density at radius 1 is 0.776 bits per heavy atom. The Morgan fingerprint density at radius 2 is 1.35 bits per heavy atom. The van der Waals surface area contributed by atoms with E-state index in [4.69, 9.17) is 22.4 Å². The van der Waals surface area contributed by atoms with E-state index in [1.54, 1.807) is 12.1 Å². The highest BCUT2D eigenvalue weighted by Gasteiger charge is 2.59. The zero-order valence-electron chi connectivity index (χ0n) is 31.5. The van der Waals surface area contributed by atoms with Crippen molar-refractivity contribution in [3.8, 4) is 10.4 Å². The van der Waals surface area contributed by atoms with E-state index in [-0.39, 0.29) is 12.4 Å². The monoisotopic (exact) mass is 764 g/mol. The summed E-state index contributed by atoms with van der Waals surface area (Å²) >= 11 is 1.45. The number of ether oxygens (including phenoxy) is 1.